The molecule has 290 valence electrons. The van der Waals surface area contributed by atoms with Gasteiger partial charge in [0.2, 0.25) is 0 Å². The van der Waals surface area contributed by atoms with Crippen LogP contribution in [0.15, 0.2) is 148 Å². The molecule has 0 amide bonds. The number of halogens is 1. The molecule has 0 atom stereocenters. The van der Waals surface area contributed by atoms with Gasteiger partial charge in [0.15, 0.2) is 0 Å². The highest BCUT2D eigenvalue weighted by molar-refractivity contribution is 6.30. The zero-order chi connectivity index (χ0) is 40.8. The van der Waals surface area contributed by atoms with Gasteiger partial charge < -0.3 is 13.7 Å². The molecule has 0 bridgehead atoms. The summed E-state index contributed by atoms with van der Waals surface area (Å²) in [6.45, 7) is 7.72. The van der Waals surface area contributed by atoms with Crippen LogP contribution in [0.4, 0.5) is 0 Å². The van der Waals surface area contributed by atoms with Gasteiger partial charge in [0.1, 0.15) is 17.1 Å². The summed E-state index contributed by atoms with van der Waals surface area (Å²) in [7, 11) is 1.82. The second kappa shape index (κ2) is 17.4. The van der Waals surface area contributed by atoms with Crippen molar-refractivity contribution in [3.8, 4) is 33.8 Å². The van der Waals surface area contributed by atoms with Gasteiger partial charge in [-0.25, -0.2) is 15.0 Å². The van der Waals surface area contributed by atoms with E-state index in [2.05, 4.69) is 25.0 Å². The Morgan fingerprint density at radius 3 is 1.38 bits per heavy atom. The number of rotatable bonds is 6. The number of hydrogen-bond acceptors (Lipinski definition) is 8. The van der Waals surface area contributed by atoms with Crippen molar-refractivity contribution in [2.75, 3.05) is 0 Å². The van der Waals surface area contributed by atoms with Crippen molar-refractivity contribution in [3.05, 3.63) is 170 Å². The van der Waals surface area contributed by atoms with Crippen LogP contribution in [0.5, 0.6) is 0 Å². The summed E-state index contributed by atoms with van der Waals surface area (Å²) in [5.41, 5.74) is 8.38. The summed E-state index contributed by atoms with van der Waals surface area (Å²) >= 11 is 6.00. The summed E-state index contributed by atoms with van der Waals surface area (Å²) in [4.78, 5) is 55.1. The first-order valence-corrected chi connectivity index (χ1v) is 19.2. The van der Waals surface area contributed by atoms with Crippen LogP contribution in [0.3, 0.4) is 0 Å². The van der Waals surface area contributed by atoms with Gasteiger partial charge in [0.05, 0.1) is 39.3 Å². The van der Waals surface area contributed by atoms with Crippen molar-refractivity contribution in [2.45, 2.75) is 40.4 Å². The molecule has 5 aromatic heterocycles. The largest absolute Gasteiger partial charge is 0.305 e. The van der Waals surface area contributed by atoms with Crippen LogP contribution in [0.25, 0.3) is 66.9 Å². The van der Waals surface area contributed by atoms with E-state index in [0.29, 0.717) is 41.7 Å². The lowest BCUT2D eigenvalue weighted by molar-refractivity contribution is 0.755. The first kappa shape index (κ1) is 39.2. The first-order valence-electron chi connectivity index (χ1n) is 18.9. The average molecular weight is 790 g/mol. The summed E-state index contributed by atoms with van der Waals surface area (Å²) in [6.07, 6.45) is 6.82. The molecule has 0 saturated carbocycles. The Kier molecular flexibility index (Phi) is 11.8. The summed E-state index contributed by atoms with van der Waals surface area (Å²) in [6, 6.07) is 33.9. The molecule has 0 N–H and O–H groups in total. The molecule has 13 heteroatoms. The fourth-order valence-corrected chi connectivity index (χ4v) is 6.96. The van der Waals surface area contributed by atoms with Crippen molar-refractivity contribution in [3.63, 3.8) is 0 Å². The van der Waals surface area contributed by atoms with Gasteiger partial charge in [-0.1, -0.05) is 60.1 Å². The van der Waals surface area contributed by atoms with E-state index in [9.17, 15) is 14.4 Å². The van der Waals surface area contributed by atoms with Crippen molar-refractivity contribution in [2.24, 2.45) is 7.05 Å². The minimum atomic E-state index is -0.0894. The number of pyridine rings is 1. The Morgan fingerprint density at radius 2 is 0.966 bits per heavy atom. The summed E-state index contributed by atoms with van der Waals surface area (Å²) in [5, 5.41) is 4.70. The highest BCUT2D eigenvalue weighted by atomic mass is 35.5. The van der Waals surface area contributed by atoms with E-state index in [1.165, 1.54) is 0 Å². The summed E-state index contributed by atoms with van der Waals surface area (Å²) < 4.78 is 6.88. The van der Waals surface area contributed by atoms with Crippen molar-refractivity contribution >= 4 is 44.7 Å². The normalized spacial score (nSPS) is 10.9. The highest BCUT2D eigenvalue weighted by Crippen LogP contribution is 2.22. The molecule has 12 nitrogen and oxygen atoms in total. The van der Waals surface area contributed by atoms with Crippen LogP contribution < -0.4 is 16.7 Å². The van der Waals surface area contributed by atoms with Crippen molar-refractivity contribution in [1.82, 2.24) is 43.4 Å². The summed E-state index contributed by atoms with van der Waals surface area (Å²) in [5.74, 6) is 0. The SMILES string of the molecule is CCn1c(=O)c(-c2cccc(Cl)c2)nc2ccccc21.CCn1c(=O)c(-c2cccnc2)nc2ccccc21.CCn1c(=O)c(-c2cnn(C)c2)nc2ccccc21. The van der Waals surface area contributed by atoms with Gasteiger partial charge in [-0.05, 0) is 81.4 Å². The van der Waals surface area contributed by atoms with Gasteiger partial charge in [0.25, 0.3) is 16.7 Å². The first-order chi connectivity index (χ1) is 28.2. The van der Waals surface area contributed by atoms with Gasteiger partial charge >= 0.3 is 0 Å². The molecular weight excluding hydrogens is 750 g/mol. The Balaban J connectivity index is 0.000000132. The molecule has 0 aliphatic heterocycles. The van der Waals surface area contributed by atoms with Crippen molar-refractivity contribution in [1.29, 1.82) is 0 Å². The van der Waals surface area contributed by atoms with Gasteiger partial charge in [-0.2, -0.15) is 5.10 Å². The zero-order valence-corrected chi connectivity index (χ0v) is 33.2. The van der Waals surface area contributed by atoms with Gasteiger partial charge in [-0.3, -0.25) is 24.0 Å². The van der Waals surface area contributed by atoms with E-state index in [-0.39, 0.29) is 16.7 Å². The maximum Gasteiger partial charge on any atom is 0.277 e. The number of aryl methyl sites for hydroxylation is 4. The molecule has 9 rings (SSSR count). The minimum Gasteiger partial charge on any atom is -0.305 e. The lowest BCUT2D eigenvalue weighted by Gasteiger charge is -2.10. The van der Waals surface area contributed by atoms with Crippen LogP contribution in [0.2, 0.25) is 5.02 Å². The van der Waals surface area contributed by atoms with E-state index >= 15 is 0 Å². The molecule has 9 aromatic rings. The van der Waals surface area contributed by atoms with Crippen LogP contribution in [0, 0.1) is 0 Å². The maximum atomic E-state index is 12.6. The molecule has 0 spiro atoms. The lowest BCUT2D eigenvalue weighted by atomic mass is 10.1. The Hall–Kier alpha value is -7.05. The van der Waals surface area contributed by atoms with Crippen LogP contribution >= 0.6 is 11.6 Å². The zero-order valence-electron chi connectivity index (χ0n) is 32.5. The molecule has 0 unspecified atom stereocenters. The minimum absolute atomic E-state index is 0.0748. The third-order valence-corrected chi connectivity index (χ3v) is 9.75. The quantitative estimate of drug-likeness (QED) is 0.165. The number of aromatic nitrogens is 9. The third kappa shape index (κ3) is 7.95. The smallest absolute Gasteiger partial charge is 0.277 e. The molecule has 0 aliphatic rings. The van der Waals surface area contributed by atoms with Crippen LogP contribution in [0.1, 0.15) is 20.8 Å². The maximum absolute atomic E-state index is 12.6. The number of benzene rings is 4. The molecule has 0 saturated heterocycles. The Morgan fingerprint density at radius 1 is 0.517 bits per heavy atom. The lowest BCUT2D eigenvalue weighted by Crippen LogP contribution is -2.22. The number of fused-ring (bicyclic) bond motifs is 3. The van der Waals surface area contributed by atoms with Gasteiger partial charge in [-0.15, -0.1) is 0 Å². The van der Waals surface area contributed by atoms with E-state index in [1.807, 2.05) is 125 Å². The molecule has 4 aromatic carbocycles. The fourth-order valence-electron chi connectivity index (χ4n) is 6.77. The van der Waals surface area contributed by atoms with E-state index in [1.54, 1.807) is 55.3 Å². The highest BCUT2D eigenvalue weighted by Gasteiger charge is 2.14. The third-order valence-electron chi connectivity index (χ3n) is 9.52. The second-order valence-electron chi connectivity index (χ2n) is 13.2. The monoisotopic (exact) mass is 789 g/mol. The number of hydrogen-bond donors (Lipinski definition) is 0. The second-order valence-corrected chi connectivity index (χ2v) is 13.6. The number of para-hydroxylation sites is 6. The predicted molar refractivity (Wildman–Crippen MR) is 231 cm³/mol. The molecule has 0 radical (unpaired) electrons. The van der Waals surface area contributed by atoms with Gasteiger partial charge in [0, 0.05) is 67.0 Å². The molecule has 0 aliphatic carbocycles. The molecule has 58 heavy (non-hydrogen) atoms. The average Bonchev–Trinajstić information content (AvgIpc) is 3.69. The fraction of sp³-hybridized carbons (Fsp3) is 0.156. The van der Waals surface area contributed by atoms with Crippen LogP contribution in [-0.2, 0) is 26.7 Å². The Bertz CT molecular complexity index is 3080. The van der Waals surface area contributed by atoms with Crippen molar-refractivity contribution < 1.29 is 0 Å². The van der Waals surface area contributed by atoms with E-state index in [0.717, 1.165) is 49.8 Å². The van der Waals surface area contributed by atoms with Crippen LogP contribution in [-0.4, -0.2) is 43.4 Å². The standard InChI is InChI=1S/C16H13ClN2O.C15H13N3O.C14H14N4O/c1-2-19-14-9-4-3-8-13(14)18-15(16(19)20)11-6-5-7-12(17)10-11;1-2-18-13-8-4-3-7-12(13)17-14(15(18)19)11-6-5-9-16-10-11;1-3-18-12-7-5-4-6-11(12)16-13(14(18)19)10-8-15-17(2)9-10/h3-10H,2H2,1H3;3-10H,2H2,1H3;4-9H,3H2,1-2H3. The predicted octanol–water partition coefficient (Wildman–Crippen LogP) is 8.03. The number of nitrogens with zero attached hydrogens (tertiary/aromatic N) is 9. The Labute approximate surface area is 338 Å². The van der Waals surface area contributed by atoms with E-state index in [4.69, 9.17) is 11.6 Å². The van der Waals surface area contributed by atoms with E-state index < -0.39 is 0 Å². The topological polar surface area (TPSA) is 135 Å². The molecule has 5 heterocycles. The molecule has 0 fully saturated rings. The molecular formula is C45H40ClN9O3.